The van der Waals surface area contributed by atoms with E-state index in [1.165, 1.54) is 11.3 Å². The first kappa shape index (κ1) is 15.2. The number of rotatable bonds is 6. The van der Waals surface area contributed by atoms with Crippen LogP contribution in [0.5, 0.6) is 0 Å². The number of hydrogen-bond acceptors (Lipinski definition) is 4. The molecule has 0 bridgehead atoms. The lowest BCUT2D eigenvalue weighted by molar-refractivity contribution is -0.143. The summed E-state index contributed by atoms with van der Waals surface area (Å²) < 4.78 is 0. The Kier molecular flexibility index (Phi) is 5.31. The molecule has 110 valence electrons. The second kappa shape index (κ2) is 6.99. The predicted octanol–water partition coefficient (Wildman–Crippen LogP) is 2.82. The minimum Gasteiger partial charge on any atom is -0.481 e. The molecule has 0 aliphatic carbocycles. The molecule has 1 N–H and O–H groups in total. The van der Waals surface area contributed by atoms with Gasteiger partial charge in [-0.1, -0.05) is 0 Å². The summed E-state index contributed by atoms with van der Waals surface area (Å²) in [5.74, 6) is -0.719. The molecule has 0 amide bonds. The second-order valence-electron chi connectivity index (χ2n) is 5.44. The van der Waals surface area contributed by atoms with Crippen molar-refractivity contribution >= 4 is 23.1 Å². The molecule has 0 spiro atoms. The van der Waals surface area contributed by atoms with Crippen LogP contribution in [0.3, 0.4) is 0 Å². The maximum Gasteiger partial charge on any atom is 0.307 e. The second-order valence-corrected chi connectivity index (χ2v) is 6.35. The summed E-state index contributed by atoms with van der Waals surface area (Å²) in [7, 11) is 0. The van der Waals surface area contributed by atoms with Crippen molar-refractivity contribution in [2.75, 3.05) is 19.6 Å². The van der Waals surface area contributed by atoms with E-state index in [0.717, 1.165) is 42.8 Å². The van der Waals surface area contributed by atoms with Crippen LogP contribution in [0.4, 0.5) is 0 Å². The van der Waals surface area contributed by atoms with Crippen molar-refractivity contribution in [3.8, 4) is 0 Å². The van der Waals surface area contributed by atoms with Crippen molar-refractivity contribution in [2.24, 2.45) is 5.92 Å². The van der Waals surface area contributed by atoms with Gasteiger partial charge in [-0.2, -0.15) is 0 Å². The van der Waals surface area contributed by atoms with Gasteiger partial charge in [0.05, 0.1) is 10.8 Å². The van der Waals surface area contributed by atoms with Crippen LogP contribution in [0, 0.1) is 12.8 Å². The molecule has 1 aromatic rings. The van der Waals surface area contributed by atoms with Crippen LogP contribution in [0.1, 0.15) is 40.9 Å². The van der Waals surface area contributed by atoms with Crippen LogP contribution in [0.15, 0.2) is 11.4 Å². The molecule has 0 saturated carbocycles. The molecule has 2 heterocycles. The molecule has 1 fully saturated rings. The molecule has 1 aliphatic rings. The smallest absolute Gasteiger partial charge is 0.307 e. The number of piperidine rings is 1. The van der Waals surface area contributed by atoms with Crippen LogP contribution >= 0.6 is 11.3 Å². The fourth-order valence-electron chi connectivity index (χ4n) is 2.70. The minimum atomic E-state index is -0.694. The summed E-state index contributed by atoms with van der Waals surface area (Å²) in [5.41, 5.74) is 1.06. The maximum atomic E-state index is 12.0. The number of carbonyl (C=O) groups is 2. The molecule has 1 aliphatic heterocycles. The SMILES string of the molecule is Cc1ccsc1C(=O)CCCN1CCCC(C(=O)O)C1. The van der Waals surface area contributed by atoms with E-state index >= 15 is 0 Å². The van der Waals surface area contributed by atoms with Crippen LogP contribution < -0.4 is 0 Å². The summed E-state index contributed by atoms with van der Waals surface area (Å²) in [6.07, 6.45) is 3.08. The number of aliphatic carboxylic acids is 1. The van der Waals surface area contributed by atoms with Crippen molar-refractivity contribution in [3.63, 3.8) is 0 Å². The van der Waals surface area contributed by atoms with Crippen LogP contribution in [-0.2, 0) is 4.79 Å². The Labute approximate surface area is 123 Å². The largest absolute Gasteiger partial charge is 0.481 e. The number of carboxylic acid groups (broad SMARTS) is 1. The van der Waals surface area contributed by atoms with Gasteiger partial charge in [-0.05, 0) is 56.3 Å². The van der Waals surface area contributed by atoms with Gasteiger partial charge < -0.3 is 10.0 Å². The number of nitrogens with zero attached hydrogens (tertiary/aromatic N) is 1. The first-order valence-electron chi connectivity index (χ1n) is 7.10. The average Bonchev–Trinajstić information content (AvgIpc) is 2.85. The van der Waals surface area contributed by atoms with Crippen molar-refractivity contribution < 1.29 is 14.7 Å². The number of thiophene rings is 1. The maximum absolute atomic E-state index is 12.0. The standard InChI is InChI=1S/C15H21NO3S/c1-11-6-9-20-14(11)13(17)5-3-8-16-7-2-4-12(10-16)15(18)19/h6,9,12H,2-5,7-8,10H2,1H3,(H,18,19). The fraction of sp³-hybridized carbons (Fsp3) is 0.600. The summed E-state index contributed by atoms with van der Waals surface area (Å²) >= 11 is 1.51. The first-order valence-corrected chi connectivity index (χ1v) is 7.98. The summed E-state index contributed by atoms with van der Waals surface area (Å²) in [4.78, 5) is 26.1. The summed E-state index contributed by atoms with van der Waals surface area (Å²) in [6.45, 7) is 4.36. The molecule has 1 saturated heterocycles. The molecule has 1 unspecified atom stereocenters. The molecule has 2 rings (SSSR count). The highest BCUT2D eigenvalue weighted by atomic mass is 32.1. The van der Waals surface area contributed by atoms with E-state index in [4.69, 9.17) is 5.11 Å². The van der Waals surface area contributed by atoms with Crippen molar-refractivity contribution in [1.29, 1.82) is 0 Å². The number of aryl methyl sites for hydroxylation is 1. The zero-order valence-corrected chi connectivity index (χ0v) is 12.6. The molecule has 20 heavy (non-hydrogen) atoms. The number of likely N-dealkylation sites (tertiary alicyclic amines) is 1. The van der Waals surface area contributed by atoms with E-state index in [9.17, 15) is 9.59 Å². The lowest BCUT2D eigenvalue weighted by Gasteiger charge is -2.30. The fourth-order valence-corrected chi connectivity index (χ4v) is 3.59. The zero-order chi connectivity index (χ0) is 14.5. The number of hydrogen-bond donors (Lipinski definition) is 1. The monoisotopic (exact) mass is 295 g/mol. The Bertz CT molecular complexity index is 483. The number of Topliss-reactive ketones (excluding diaryl/α,β-unsaturated/α-hetero) is 1. The highest BCUT2D eigenvalue weighted by molar-refractivity contribution is 7.12. The van der Waals surface area contributed by atoms with Gasteiger partial charge in [-0.3, -0.25) is 9.59 Å². The number of carboxylic acids is 1. The topological polar surface area (TPSA) is 57.6 Å². The van der Waals surface area contributed by atoms with Crippen molar-refractivity contribution in [2.45, 2.75) is 32.6 Å². The minimum absolute atomic E-state index is 0.212. The third-order valence-corrected chi connectivity index (χ3v) is 4.91. The van der Waals surface area contributed by atoms with E-state index in [1.807, 2.05) is 18.4 Å². The third kappa shape index (κ3) is 3.90. The Hall–Kier alpha value is -1.20. The van der Waals surface area contributed by atoms with Gasteiger partial charge in [0.1, 0.15) is 0 Å². The normalized spacial score (nSPS) is 19.9. The molecule has 1 aromatic heterocycles. The third-order valence-electron chi connectivity index (χ3n) is 3.85. The van der Waals surface area contributed by atoms with Gasteiger partial charge in [0.15, 0.2) is 5.78 Å². The van der Waals surface area contributed by atoms with E-state index < -0.39 is 5.97 Å². The molecule has 5 heteroatoms. The van der Waals surface area contributed by atoms with Crippen LogP contribution in [-0.4, -0.2) is 41.4 Å². The molecule has 1 atom stereocenters. The predicted molar refractivity (Wildman–Crippen MR) is 79.4 cm³/mol. The molecule has 0 radical (unpaired) electrons. The number of ketones is 1. The lowest BCUT2D eigenvalue weighted by Crippen LogP contribution is -2.39. The van der Waals surface area contributed by atoms with Gasteiger partial charge >= 0.3 is 5.97 Å². The molecule has 0 aromatic carbocycles. The molecular weight excluding hydrogens is 274 g/mol. The molecule has 4 nitrogen and oxygen atoms in total. The van der Waals surface area contributed by atoms with Crippen LogP contribution in [0.25, 0.3) is 0 Å². The Morgan fingerprint density at radius 2 is 2.30 bits per heavy atom. The Balaban J connectivity index is 1.74. The van der Waals surface area contributed by atoms with E-state index in [2.05, 4.69) is 4.90 Å². The lowest BCUT2D eigenvalue weighted by atomic mass is 9.98. The summed E-state index contributed by atoms with van der Waals surface area (Å²) in [5, 5.41) is 11.0. The zero-order valence-electron chi connectivity index (χ0n) is 11.8. The van der Waals surface area contributed by atoms with Gasteiger partial charge in [0, 0.05) is 13.0 Å². The highest BCUT2D eigenvalue weighted by Crippen LogP contribution is 2.20. The first-order chi connectivity index (χ1) is 9.58. The van der Waals surface area contributed by atoms with Crippen molar-refractivity contribution in [1.82, 2.24) is 4.90 Å². The van der Waals surface area contributed by atoms with Gasteiger partial charge in [-0.15, -0.1) is 11.3 Å². The molecular formula is C15H21NO3S. The van der Waals surface area contributed by atoms with Gasteiger partial charge in [0.2, 0.25) is 0 Å². The summed E-state index contributed by atoms with van der Waals surface area (Å²) in [6, 6.07) is 1.97. The van der Waals surface area contributed by atoms with E-state index in [-0.39, 0.29) is 11.7 Å². The average molecular weight is 295 g/mol. The van der Waals surface area contributed by atoms with Crippen LogP contribution in [0.2, 0.25) is 0 Å². The Morgan fingerprint density at radius 3 is 2.95 bits per heavy atom. The van der Waals surface area contributed by atoms with Crippen molar-refractivity contribution in [3.05, 3.63) is 21.9 Å². The van der Waals surface area contributed by atoms with E-state index in [1.54, 1.807) is 0 Å². The van der Waals surface area contributed by atoms with Gasteiger partial charge in [-0.25, -0.2) is 0 Å². The quantitative estimate of drug-likeness (QED) is 0.820. The van der Waals surface area contributed by atoms with Gasteiger partial charge in [0.25, 0.3) is 0 Å². The number of carbonyl (C=O) groups excluding carboxylic acids is 1. The highest BCUT2D eigenvalue weighted by Gasteiger charge is 2.25. The van der Waals surface area contributed by atoms with E-state index in [0.29, 0.717) is 13.0 Å². The Morgan fingerprint density at radius 1 is 1.50 bits per heavy atom.